The number of benzene rings is 1. The van der Waals surface area contributed by atoms with Crippen LogP contribution in [0.1, 0.15) is 43.2 Å². The fourth-order valence-electron chi connectivity index (χ4n) is 3.13. The molecule has 0 radical (unpaired) electrons. The van der Waals surface area contributed by atoms with Gasteiger partial charge in [-0.05, 0) is 49.1 Å². The Morgan fingerprint density at radius 3 is 2.54 bits per heavy atom. The summed E-state index contributed by atoms with van der Waals surface area (Å²) in [4.78, 5) is 4.28. The molecule has 6 nitrogen and oxygen atoms in total. The second kappa shape index (κ2) is 12.0. The average molecular weight is 390 g/mol. The fourth-order valence-corrected chi connectivity index (χ4v) is 3.13. The summed E-state index contributed by atoms with van der Waals surface area (Å²) in [6.07, 6.45) is 6.03. The monoisotopic (exact) mass is 389 g/mol. The van der Waals surface area contributed by atoms with E-state index in [1.807, 2.05) is 0 Å². The van der Waals surface area contributed by atoms with E-state index >= 15 is 0 Å². The molecule has 2 aliphatic rings. The molecule has 0 bridgehead atoms. The molecular weight excluding hydrogens is 354 g/mol. The van der Waals surface area contributed by atoms with Gasteiger partial charge in [0.05, 0.1) is 12.7 Å². The van der Waals surface area contributed by atoms with Crippen LogP contribution in [-0.2, 0) is 27.4 Å². The fraction of sp³-hybridized carbons (Fsp3) is 0.682. The molecule has 2 N–H and O–H groups in total. The van der Waals surface area contributed by atoms with Crippen molar-refractivity contribution in [2.24, 2.45) is 10.9 Å². The third kappa shape index (κ3) is 8.17. The molecular formula is C22H35N3O3. The van der Waals surface area contributed by atoms with Gasteiger partial charge < -0.3 is 24.8 Å². The number of hydrogen-bond acceptors (Lipinski definition) is 4. The van der Waals surface area contributed by atoms with Gasteiger partial charge in [-0.3, -0.25) is 4.99 Å². The zero-order valence-corrected chi connectivity index (χ0v) is 17.1. The Hall–Kier alpha value is -1.63. The number of hydrogen-bond donors (Lipinski definition) is 2. The Labute approximate surface area is 169 Å². The lowest BCUT2D eigenvalue weighted by molar-refractivity contribution is -0.0390. The lowest BCUT2D eigenvalue weighted by Crippen LogP contribution is -2.37. The predicted octanol–water partition coefficient (Wildman–Crippen LogP) is 2.86. The smallest absolute Gasteiger partial charge is 0.191 e. The van der Waals surface area contributed by atoms with Gasteiger partial charge in [0, 0.05) is 46.6 Å². The molecule has 1 saturated heterocycles. The first kappa shape index (κ1) is 21.1. The van der Waals surface area contributed by atoms with Crippen molar-refractivity contribution < 1.29 is 14.2 Å². The van der Waals surface area contributed by atoms with Gasteiger partial charge in [-0.15, -0.1) is 0 Å². The number of nitrogens with zero attached hydrogens (tertiary/aromatic N) is 1. The number of guanidine groups is 1. The van der Waals surface area contributed by atoms with Crippen LogP contribution in [0.4, 0.5) is 0 Å². The molecule has 0 unspecified atom stereocenters. The summed E-state index contributed by atoms with van der Waals surface area (Å²) >= 11 is 0. The minimum absolute atomic E-state index is 0.337. The Kier molecular flexibility index (Phi) is 9.07. The van der Waals surface area contributed by atoms with Crippen molar-refractivity contribution in [1.29, 1.82) is 0 Å². The number of rotatable bonds is 11. The van der Waals surface area contributed by atoms with Crippen LogP contribution in [0.3, 0.4) is 0 Å². The summed E-state index contributed by atoms with van der Waals surface area (Å²) in [7, 11) is 1.80. The number of aliphatic imine (C=N–C) groups is 1. The zero-order chi connectivity index (χ0) is 19.4. The average Bonchev–Trinajstić information content (AvgIpc) is 3.57. The van der Waals surface area contributed by atoms with Crippen LogP contribution in [-0.4, -0.2) is 52.1 Å². The summed E-state index contributed by atoms with van der Waals surface area (Å²) in [6, 6.07) is 8.58. The number of nitrogens with one attached hydrogen (secondary N) is 2. The lowest BCUT2D eigenvalue weighted by Gasteiger charge is -2.22. The molecule has 1 aliphatic carbocycles. The molecule has 0 amide bonds. The molecule has 1 aromatic carbocycles. The molecule has 6 heteroatoms. The molecule has 1 aliphatic heterocycles. The van der Waals surface area contributed by atoms with Crippen molar-refractivity contribution in [2.75, 3.05) is 40.0 Å². The summed E-state index contributed by atoms with van der Waals surface area (Å²) in [6.45, 7) is 5.67. The Balaban J connectivity index is 1.27. The van der Waals surface area contributed by atoms with Crippen LogP contribution in [0.5, 0.6) is 0 Å². The second-order valence-corrected chi connectivity index (χ2v) is 7.66. The van der Waals surface area contributed by atoms with Crippen molar-refractivity contribution in [3.8, 4) is 0 Å². The summed E-state index contributed by atoms with van der Waals surface area (Å²) < 4.78 is 17.0. The van der Waals surface area contributed by atoms with Crippen molar-refractivity contribution in [3.05, 3.63) is 35.4 Å². The molecule has 1 aromatic rings. The van der Waals surface area contributed by atoms with E-state index in [-0.39, 0.29) is 0 Å². The largest absolute Gasteiger partial charge is 0.381 e. The molecule has 3 rings (SSSR count). The molecule has 2 fully saturated rings. The topological polar surface area (TPSA) is 64.1 Å². The summed E-state index contributed by atoms with van der Waals surface area (Å²) in [5, 5.41) is 6.70. The highest BCUT2D eigenvalue weighted by Crippen LogP contribution is 2.28. The van der Waals surface area contributed by atoms with Crippen LogP contribution in [0, 0.1) is 5.92 Å². The Morgan fingerprint density at radius 2 is 1.82 bits per heavy atom. The second-order valence-electron chi connectivity index (χ2n) is 7.66. The molecule has 0 aromatic heterocycles. The summed E-state index contributed by atoms with van der Waals surface area (Å²) in [5.74, 6) is 1.66. The normalized spacial score (nSPS) is 18.2. The van der Waals surface area contributed by atoms with E-state index in [9.17, 15) is 0 Å². The lowest BCUT2D eigenvalue weighted by atomic mass is 10.1. The molecule has 0 atom stereocenters. The maximum Gasteiger partial charge on any atom is 0.191 e. The van der Waals surface area contributed by atoms with Crippen LogP contribution >= 0.6 is 0 Å². The van der Waals surface area contributed by atoms with Gasteiger partial charge in [-0.1, -0.05) is 24.3 Å². The highest BCUT2D eigenvalue weighted by Gasteiger charge is 2.20. The van der Waals surface area contributed by atoms with Crippen molar-refractivity contribution in [2.45, 2.75) is 51.4 Å². The van der Waals surface area contributed by atoms with Gasteiger partial charge in [-0.2, -0.15) is 0 Å². The quantitative estimate of drug-likeness (QED) is 0.346. The molecule has 28 heavy (non-hydrogen) atoms. The SMILES string of the molecule is CN=C(NCCCOCC1CC1)NCc1ccc(COC2CCOCC2)cc1. The minimum Gasteiger partial charge on any atom is -0.381 e. The van der Waals surface area contributed by atoms with Crippen molar-refractivity contribution >= 4 is 5.96 Å². The predicted molar refractivity (Wildman–Crippen MR) is 111 cm³/mol. The van der Waals surface area contributed by atoms with Gasteiger partial charge in [0.1, 0.15) is 0 Å². The summed E-state index contributed by atoms with van der Waals surface area (Å²) in [5.41, 5.74) is 2.44. The van der Waals surface area contributed by atoms with E-state index in [0.29, 0.717) is 12.7 Å². The third-order valence-electron chi connectivity index (χ3n) is 5.17. The standard InChI is InChI=1S/C22H35N3O3/c1-23-22(24-11-2-12-27-16-19-7-8-19)25-15-18-3-5-20(6-4-18)17-28-21-9-13-26-14-10-21/h3-6,19,21H,2,7-17H2,1H3,(H2,23,24,25). The van der Waals surface area contributed by atoms with Crippen LogP contribution in [0.15, 0.2) is 29.3 Å². The van der Waals surface area contributed by atoms with E-state index < -0.39 is 0 Å². The minimum atomic E-state index is 0.337. The first-order valence-corrected chi connectivity index (χ1v) is 10.6. The van der Waals surface area contributed by atoms with Crippen LogP contribution < -0.4 is 10.6 Å². The first-order chi connectivity index (χ1) is 13.8. The van der Waals surface area contributed by atoms with Gasteiger partial charge >= 0.3 is 0 Å². The van der Waals surface area contributed by atoms with Gasteiger partial charge in [0.25, 0.3) is 0 Å². The van der Waals surface area contributed by atoms with Gasteiger partial charge in [0.2, 0.25) is 0 Å². The highest BCUT2D eigenvalue weighted by molar-refractivity contribution is 5.79. The third-order valence-corrected chi connectivity index (χ3v) is 5.17. The van der Waals surface area contributed by atoms with Crippen LogP contribution in [0.2, 0.25) is 0 Å². The molecule has 1 saturated carbocycles. The maximum atomic E-state index is 5.98. The Bertz CT molecular complexity index is 581. The van der Waals surface area contributed by atoms with E-state index in [1.165, 1.54) is 24.0 Å². The van der Waals surface area contributed by atoms with E-state index in [2.05, 4.69) is 39.9 Å². The van der Waals surface area contributed by atoms with Gasteiger partial charge in [-0.25, -0.2) is 0 Å². The van der Waals surface area contributed by atoms with Crippen molar-refractivity contribution in [3.63, 3.8) is 0 Å². The maximum absolute atomic E-state index is 5.98. The first-order valence-electron chi connectivity index (χ1n) is 10.6. The van der Waals surface area contributed by atoms with E-state index in [0.717, 1.165) is 70.7 Å². The molecule has 156 valence electrons. The van der Waals surface area contributed by atoms with E-state index in [1.54, 1.807) is 7.05 Å². The van der Waals surface area contributed by atoms with Crippen molar-refractivity contribution in [1.82, 2.24) is 10.6 Å². The van der Waals surface area contributed by atoms with E-state index in [4.69, 9.17) is 14.2 Å². The molecule has 0 spiro atoms. The molecule has 1 heterocycles. The highest BCUT2D eigenvalue weighted by atomic mass is 16.5. The number of ether oxygens (including phenoxy) is 3. The van der Waals surface area contributed by atoms with Gasteiger partial charge in [0.15, 0.2) is 5.96 Å². The zero-order valence-electron chi connectivity index (χ0n) is 17.1. The Morgan fingerprint density at radius 1 is 1.07 bits per heavy atom. The van der Waals surface area contributed by atoms with Crippen LogP contribution in [0.25, 0.3) is 0 Å².